The third-order valence-electron chi connectivity index (χ3n) is 18.2. The molecule has 0 aliphatic carbocycles. The van der Waals surface area contributed by atoms with E-state index in [1.54, 1.807) is 48.5 Å². The molecule has 1 fully saturated rings. The van der Waals surface area contributed by atoms with Crippen LogP contribution in [0, 0.1) is 59.2 Å². The fourth-order valence-corrected chi connectivity index (χ4v) is 12.4. The van der Waals surface area contributed by atoms with Crippen LogP contribution in [0.1, 0.15) is 168 Å². The number of imidazole rings is 1. The van der Waals surface area contributed by atoms with E-state index in [-0.39, 0.29) is 92.0 Å². The summed E-state index contributed by atoms with van der Waals surface area (Å²) in [4.78, 5) is 198. The Kier molecular flexibility index (Phi) is 30.0. The summed E-state index contributed by atoms with van der Waals surface area (Å²) < 4.78 is 0. The average molecular weight is 1290 g/mol. The van der Waals surface area contributed by atoms with Gasteiger partial charge in [-0.1, -0.05) is 104 Å². The third-order valence-corrected chi connectivity index (χ3v) is 18.2. The Morgan fingerprint density at radius 3 is 1.49 bits per heavy atom. The number of aromatic amines is 2. The van der Waals surface area contributed by atoms with Crippen molar-refractivity contribution >= 4 is 75.8 Å². The normalized spacial score (nSPS) is 26.0. The van der Waals surface area contributed by atoms with Gasteiger partial charge in [-0.2, -0.15) is 0 Å². The predicted octanol–water partition coefficient (Wildman–Crippen LogP) is 4.78. The molecule has 1 saturated heterocycles. The molecule has 1 aliphatic rings. The fraction of sp³-hybridized carbons (Fsp3) is 0.761. The van der Waals surface area contributed by atoms with E-state index >= 15 is 19.2 Å². The number of ketones is 3. The molecular weight excluding hydrogens is 1180 g/mol. The minimum Gasteiger partial charge on any atom is -0.390 e. The van der Waals surface area contributed by atoms with Crippen LogP contribution in [0.2, 0.25) is 0 Å². The highest BCUT2D eigenvalue weighted by Crippen LogP contribution is 2.29. The lowest BCUT2D eigenvalue weighted by Crippen LogP contribution is -2.62. The average Bonchev–Trinajstić information content (AvgIpc) is 1.50. The Morgan fingerprint density at radius 1 is 0.533 bits per heavy atom. The van der Waals surface area contributed by atoms with Crippen molar-refractivity contribution < 1.29 is 57.8 Å². The second-order valence-corrected chi connectivity index (χ2v) is 28.5. The van der Waals surface area contributed by atoms with Crippen molar-refractivity contribution in [2.45, 2.75) is 217 Å². The molecule has 0 bridgehead atoms. The number of amides is 8. The molecular formula is C67H112N12O13. The minimum atomic E-state index is -1.66. The number of aromatic nitrogens is 4. The van der Waals surface area contributed by atoms with E-state index in [4.69, 9.17) is 0 Å². The monoisotopic (exact) mass is 1290 g/mol. The maximum atomic E-state index is 15.4. The van der Waals surface area contributed by atoms with E-state index in [9.17, 15) is 43.5 Å². The number of carbonyl (C=O) groups is 11. The standard InChI is InChI=1S/C67H112N12O13/c1-24-44-31-52(82)57(58(84)41(14)30-53-71-55-59(72-53)68-34-69-61(55)86)79(23)67(92)56(40(12)13)78(22)66(91)49(28-38(8)9)77(21)65(90)48(27-37(6)7)76(20)62(87)43(16)70-60(85)42(15)29-50(80)47(26-36(4)5)75(19)64(89)45(39(10)11)32-51(81)46(25-35(2)3)74(18)54(83)33-73(17)63(44)88/h34-49,56-58,84H,24-33H2,1-23H3,(H,70,85)(H2,68,69,71,72,86)/t41-,42-,43-,44-,45+,46+,47+,48+,49+,56+,57-,58-/m1/s1. The molecule has 8 amide bonds. The van der Waals surface area contributed by atoms with Crippen molar-refractivity contribution in [2.24, 2.45) is 59.2 Å². The second-order valence-electron chi connectivity index (χ2n) is 28.5. The van der Waals surface area contributed by atoms with Crippen LogP contribution in [0.15, 0.2) is 11.1 Å². The molecule has 4 N–H and O–H groups in total. The van der Waals surface area contributed by atoms with E-state index in [1.165, 1.54) is 92.0 Å². The SMILES string of the molecule is CC[C@@H]1CC(=O)[C@H]([C@H](O)[C@H](C)Cc2nc3nc[nH]c(=O)c3[nH]2)N(C)C(=O)[C@H](C(C)C)N(C)C(=O)[C@H](CC(C)C)N(C)C(=O)[C@H](CC(C)C)N(C)C(=O)[C@@H](C)NC(=O)[C@H](C)CC(=O)[C@H](CC(C)C)N(C)C(=O)[C@H](C(C)C)CC(=O)[C@H](CC(C)C)N(C)C(=O)CN(C)C1=O. The van der Waals surface area contributed by atoms with Crippen LogP contribution in [-0.4, -0.2) is 228 Å². The number of aliphatic hydroxyl groups excluding tert-OH is 1. The molecule has 2 aromatic rings. The van der Waals surface area contributed by atoms with Crippen LogP contribution in [0.5, 0.6) is 0 Å². The molecule has 0 saturated carbocycles. The maximum absolute atomic E-state index is 15.4. The number of fused-ring (bicyclic) bond motifs is 1. The van der Waals surface area contributed by atoms with Crippen molar-refractivity contribution in [3.05, 3.63) is 22.5 Å². The predicted molar refractivity (Wildman–Crippen MR) is 351 cm³/mol. The van der Waals surface area contributed by atoms with E-state index in [2.05, 4.69) is 25.3 Å². The lowest BCUT2D eigenvalue weighted by Gasteiger charge is -2.41. The molecule has 1 aliphatic heterocycles. The molecule has 0 unspecified atom stereocenters. The van der Waals surface area contributed by atoms with Crippen molar-refractivity contribution in [3.63, 3.8) is 0 Å². The van der Waals surface area contributed by atoms with Gasteiger partial charge in [-0.3, -0.25) is 57.5 Å². The van der Waals surface area contributed by atoms with E-state index in [1.807, 2.05) is 55.4 Å². The van der Waals surface area contributed by atoms with Crippen LogP contribution >= 0.6 is 0 Å². The van der Waals surface area contributed by atoms with E-state index < -0.39 is 167 Å². The van der Waals surface area contributed by atoms with Crippen LogP contribution in [0.3, 0.4) is 0 Å². The summed E-state index contributed by atoms with van der Waals surface area (Å²) in [5.41, 5.74) is -0.289. The number of H-pyrrole nitrogens is 2. The van der Waals surface area contributed by atoms with Gasteiger partial charge in [0.05, 0.1) is 31.1 Å². The molecule has 92 heavy (non-hydrogen) atoms. The molecule has 2 aromatic heterocycles. The first-order chi connectivity index (χ1) is 42.6. The van der Waals surface area contributed by atoms with Gasteiger partial charge in [-0.05, 0) is 80.5 Å². The third kappa shape index (κ3) is 20.5. The van der Waals surface area contributed by atoms with Crippen molar-refractivity contribution in [2.75, 3.05) is 55.9 Å². The lowest BCUT2D eigenvalue weighted by atomic mass is 9.84. The van der Waals surface area contributed by atoms with E-state index in [0.717, 1.165) is 4.90 Å². The van der Waals surface area contributed by atoms with Gasteiger partial charge in [0.2, 0.25) is 47.3 Å². The molecule has 25 nitrogen and oxygen atoms in total. The molecule has 3 heterocycles. The molecule has 0 aromatic carbocycles. The topological polar surface area (TPSA) is 317 Å². The van der Waals surface area contributed by atoms with Crippen LogP contribution in [-0.2, 0) is 59.2 Å². The van der Waals surface area contributed by atoms with Crippen molar-refractivity contribution in [3.8, 4) is 0 Å². The number of hydrogen-bond donors (Lipinski definition) is 4. The summed E-state index contributed by atoms with van der Waals surface area (Å²) in [6.07, 6.45) is -0.801. The summed E-state index contributed by atoms with van der Waals surface area (Å²) >= 11 is 0. The highest BCUT2D eigenvalue weighted by atomic mass is 16.3. The minimum absolute atomic E-state index is 0.0442. The number of nitrogens with one attached hydrogen (secondary N) is 3. The highest BCUT2D eigenvalue weighted by molar-refractivity contribution is 5.99. The van der Waals surface area contributed by atoms with Crippen LogP contribution < -0.4 is 10.9 Å². The number of likely N-dealkylation sites (N-methyl/N-ethyl adjacent to an activating group) is 7. The first kappa shape index (κ1) is 79.3. The van der Waals surface area contributed by atoms with Gasteiger partial charge in [-0.25, -0.2) is 9.97 Å². The molecule has 0 spiro atoms. The van der Waals surface area contributed by atoms with Gasteiger partial charge in [0, 0.05) is 92.8 Å². The molecule has 25 heteroatoms. The van der Waals surface area contributed by atoms with Crippen LogP contribution in [0.25, 0.3) is 11.2 Å². The van der Waals surface area contributed by atoms with E-state index in [0.29, 0.717) is 0 Å². The Bertz CT molecular complexity index is 2970. The maximum Gasteiger partial charge on any atom is 0.276 e. The lowest BCUT2D eigenvalue weighted by molar-refractivity contribution is -0.157. The summed E-state index contributed by atoms with van der Waals surface area (Å²) in [6, 6.07) is -8.53. The zero-order chi connectivity index (χ0) is 70.4. The largest absolute Gasteiger partial charge is 0.390 e. The zero-order valence-electron chi connectivity index (χ0n) is 59.4. The highest BCUT2D eigenvalue weighted by Gasteiger charge is 2.46. The van der Waals surface area contributed by atoms with Gasteiger partial charge >= 0.3 is 0 Å². The fourth-order valence-electron chi connectivity index (χ4n) is 12.4. The van der Waals surface area contributed by atoms with Crippen molar-refractivity contribution in [1.29, 1.82) is 0 Å². The van der Waals surface area contributed by atoms with Crippen LogP contribution in [0.4, 0.5) is 0 Å². The summed E-state index contributed by atoms with van der Waals surface area (Å²) in [5.74, 6) is -11.6. The number of rotatable bonds is 15. The van der Waals surface area contributed by atoms with Gasteiger partial charge in [0.25, 0.3) is 5.56 Å². The first-order valence-corrected chi connectivity index (χ1v) is 32.9. The Morgan fingerprint density at radius 2 is 1.00 bits per heavy atom. The number of nitrogens with zero attached hydrogens (tertiary/aromatic N) is 9. The smallest absolute Gasteiger partial charge is 0.276 e. The van der Waals surface area contributed by atoms with Gasteiger partial charge < -0.3 is 54.7 Å². The molecule has 518 valence electrons. The Hall–Kier alpha value is -6.92. The number of carbonyl (C=O) groups excluding carboxylic acids is 11. The summed E-state index contributed by atoms with van der Waals surface area (Å²) in [6.45, 7) is 27.9. The Balaban J connectivity index is 2.32. The number of aliphatic hydroxyl groups is 1. The molecule has 0 radical (unpaired) electrons. The van der Waals surface area contributed by atoms with Gasteiger partial charge in [0.15, 0.2) is 28.5 Å². The van der Waals surface area contributed by atoms with Gasteiger partial charge in [0.1, 0.15) is 36.0 Å². The first-order valence-electron chi connectivity index (χ1n) is 32.9. The summed E-state index contributed by atoms with van der Waals surface area (Å²) in [7, 11) is 10.0. The second kappa shape index (κ2) is 34.8. The number of Topliss-reactive ketones (excluding diaryl/α,β-unsaturated/α-hetero) is 3. The molecule has 3 rings (SSSR count). The quantitative estimate of drug-likeness (QED) is 0.187. The Labute approximate surface area is 545 Å². The molecule has 12 atom stereocenters. The van der Waals surface area contributed by atoms with Crippen molar-refractivity contribution in [1.82, 2.24) is 59.6 Å². The number of hydrogen-bond acceptors (Lipinski definition) is 15. The zero-order valence-corrected chi connectivity index (χ0v) is 59.4. The summed E-state index contributed by atoms with van der Waals surface area (Å²) in [5, 5.41) is 15.2. The van der Waals surface area contributed by atoms with Gasteiger partial charge in [-0.15, -0.1) is 0 Å².